The van der Waals surface area contributed by atoms with Crippen molar-refractivity contribution >= 4 is 41.3 Å². The van der Waals surface area contributed by atoms with Gasteiger partial charge < -0.3 is 18.9 Å². The van der Waals surface area contributed by atoms with Gasteiger partial charge in [-0.25, -0.2) is 4.98 Å². The van der Waals surface area contributed by atoms with Gasteiger partial charge in [0.05, 0.1) is 6.20 Å². The van der Waals surface area contributed by atoms with Crippen LogP contribution in [0, 0.1) is 0 Å². The van der Waals surface area contributed by atoms with E-state index in [2.05, 4.69) is 9.97 Å². The monoisotopic (exact) mass is 480 g/mol. The van der Waals surface area contributed by atoms with Crippen molar-refractivity contribution in [2.24, 2.45) is 0 Å². The maximum absolute atomic E-state index is 11.8. The Morgan fingerprint density at radius 1 is 1.03 bits per heavy atom. The summed E-state index contributed by atoms with van der Waals surface area (Å²) < 4.78 is 22.1. The van der Waals surface area contributed by atoms with Crippen LogP contribution >= 0.6 is 23.4 Å². The number of nitrogens with zero attached hydrogens (tertiary/aromatic N) is 2. The Morgan fingerprint density at radius 3 is 2.38 bits per heavy atom. The fourth-order valence-corrected chi connectivity index (χ4v) is 4.62. The van der Waals surface area contributed by atoms with Gasteiger partial charge >= 0.3 is 17.9 Å². The van der Waals surface area contributed by atoms with Crippen molar-refractivity contribution in [3.8, 4) is 16.9 Å². The maximum Gasteiger partial charge on any atom is 0.303 e. The quantitative estimate of drug-likeness (QED) is 0.347. The van der Waals surface area contributed by atoms with Crippen LogP contribution in [0.5, 0.6) is 5.75 Å². The van der Waals surface area contributed by atoms with Crippen molar-refractivity contribution in [3.05, 3.63) is 41.9 Å². The lowest BCUT2D eigenvalue weighted by molar-refractivity contribution is -0.186. The zero-order valence-corrected chi connectivity index (χ0v) is 19.1. The van der Waals surface area contributed by atoms with Gasteiger partial charge in [0.15, 0.2) is 23.7 Å². The highest BCUT2D eigenvalue weighted by Crippen LogP contribution is 2.35. The molecule has 0 unspecified atom stereocenters. The Labute approximate surface area is 193 Å². The van der Waals surface area contributed by atoms with Gasteiger partial charge in [0.1, 0.15) is 10.9 Å². The molecule has 0 radical (unpaired) electrons. The standard InChI is InChI=1S/C21H21ClN2O7S/c1-11(25)28-17-10-32-21(19(30-13(3)27)18(17)29-12(2)26)31-15-7-14(8-23-9-15)16-5-4-6-24-20(16)22/h4-9,17-19,21H,10H2,1-3H3/t17-,18+,19-,21-/m1/s1. The summed E-state index contributed by atoms with van der Waals surface area (Å²) in [4.78, 5) is 43.2. The number of ether oxygens (including phenoxy) is 4. The van der Waals surface area contributed by atoms with Crippen LogP contribution in [0.25, 0.3) is 11.1 Å². The van der Waals surface area contributed by atoms with Crippen LogP contribution in [0.4, 0.5) is 0 Å². The molecular formula is C21H21ClN2O7S. The predicted octanol–water partition coefficient (Wildman–Crippen LogP) is 3.04. The number of thioether (sulfide) groups is 1. The molecule has 0 aliphatic carbocycles. The van der Waals surface area contributed by atoms with Crippen molar-refractivity contribution < 1.29 is 33.3 Å². The first kappa shape index (κ1) is 23.8. The van der Waals surface area contributed by atoms with E-state index in [1.807, 2.05) is 0 Å². The zero-order valence-electron chi connectivity index (χ0n) is 17.5. The topological polar surface area (TPSA) is 114 Å². The summed E-state index contributed by atoms with van der Waals surface area (Å²) in [6.07, 6.45) is 1.84. The molecule has 0 spiro atoms. The van der Waals surface area contributed by atoms with Gasteiger partial charge in [0, 0.05) is 50.0 Å². The fourth-order valence-electron chi connectivity index (χ4n) is 3.18. The number of halogens is 1. The third kappa shape index (κ3) is 6.10. The lowest BCUT2D eigenvalue weighted by Crippen LogP contribution is -2.55. The third-order valence-electron chi connectivity index (χ3n) is 4.34. The lowest BCUT2D eigenvalue weighted by Gasteiger charge is -2.39. The molecule has 9 nitrogen and oxygen atoms in total. The Balaban J connectivity index is 1.88. The van der Waals surface area contributed by atoms with Crippen molar-refractivity contribution in [2.45, 2.75) is 44.5 Å². The van der Waals surface area contributed by atoms with Gasteiger partial charge in [-0.15, -0.1) is 11.8 Å². The molecule has 2 aromatic rings. The highest BCUT2D eigenvalue weighted by molar-refractivity contribution is 7.99. The van der Waals surface area contributed by atoms with Crippen LogP contribution < -0.4 is 4.74 Å². The number of carbonyl (C=O) groups excluding carboxylic acids is 3. The van der Waals surface area contributed by atoms with Crippen molar-refractivity contribution in [1.82, 2.24) is 9.97 Å². The Morgan fingerprint density at radius 2 is 1.72 bits per heavy atom. The molecular weight excluding hydrogens is 460 g/mol. The Bertz CT molecular complexity index is 1010. The summed E-state index contributed by atoms with van der Waals surface area (Å²) in [5, 5.41) is 0.315. The molecule has 1 saturated heterocycles. The number of aromatic nitrogens is 2. The fraction of sp³-hybridized carbons (Fsp3) is 0.381. The normalized spacial score (nSPS) is 22.5. The molecule has 1 aliphatic heterocycles. The van der Waals surface area contributed by atoms with E-state index < -0.39 is 41.7 Å². The van der Waals surface area contributed by atoms with Gasteiger partial charge in [-0.05, 0) is 18.2 Å². The number of carbonyl (C=O) groups is 3. The molecule has 1 aliphatic rings. The summed E-state index contributed by atoms with van der Waals surface area (Å²) in [7, 11) is 0. The summed E-state index contributed by atoms with van der Waals surface area (Å²) in [5.41, 5.74) is 0.601. The van der Waals surface area contributed by atoms with Crippen molar-refractivity contribution in [1.29, 1.82) is 0 Å². The van der Waals surface area contributed by atoms with Crippen LogP contribution in [0.2, 0.25) is 5.15 Å². The van der Waals surface area contributed by atoms with Crippen molar-refractivity contribution in [2.75, 3.05) is 5.75 Å². The molecule has 0 saturated carbocycles. The number of pyridine rings is 2. The molecule has 1 fully saturated rings. The van der Waals surface area contributed by atoms with Crippen LogP contribution in [0.15, 0.2) is 36.8 Å². The van der Waals surface area contributed by atoms with E-state index in [0.717, 1.165) is 0 Å². The zero-order chi connectivity index (χ0) is 23.3. The lowest BCUT2D eigenvalue weighted by atomic mass is 10.1. The predicted molar refractivity (Wildman–Crippen MR) is 116 cm³/mol. The van der Waals surface area contributed by atoms with Crippen LogP contribution in [0.1, 0.15) is 20.8 Å². The summed E-state index contributed by atoms with van der Waals surface area (Å²) in [6.45, 7) is 3.70. The molecule has 32 heavy (non-hydrogen) atoms. The molecule has 11 heteroatoms. The van der Waals surface area contributed by atoms with E-state index in [4.69, 9.17) is 30.5 Å². The number of hydrogen-bond acceptors (Lipinski definition) is 10. The second-order valence-corrected chi connectivity index (χ2v) is 8.36. The summed E-state index contributed by atoms with van der Waals surface area (Å²) in [5.74, 6) is -1.10. The minimum Gasteiger partial charge on any atom is -0.474 e. The third-order valence-corrected chi connectivity index (χ3v) is 5.86. The molecule has 4 atom stereocenters. The molecule has 3 heterocycles. The second-order valence-electron chi connectivity index (χ2n) is 6.87. The van der Waals surface area contributed by atoms with Crippen LogP contribution in [0.3, 0.4) is 0 Å². The SMILES string of the molecule is CC(=O)O[C@@H]1[C@@H](OC(C)=O)[C@H](OC(C)=O)CS[C@H]1Oc1cncc(-c2cccnc2Cl)c1. The van der Waals surface area contributed by atoms with Gasteiger partial charge in [-0.3, -0.25) is 19.4 Å². The van der Waals surface area contributed by atoms with E-state index >= 15 is 0 Å². The largest absolute Gasteiger partial charge is 0.474 e. The number of rotatable bonds is 6. The van der Waals surface area contributed by atoms with Gasteiger partial charge in [-0.1, -0.05) is 11.6 Å². The first-order valence-electron chi connectivity index (χ1n) is 9.60. The highest BCUT2D eigenvalue weighted by Gasteiger charge is 2.47. The molecule has 170 valence electrons. The van der Waals surface area contributed by atoms with Crippen LogP contribution in [-0.4, -0.2) is 57.4 Å². The van der Waals surface area contributed by atoms with Crippen LogP contribution in [-0.2, 0) is 28.6 Å². The molecule has 0 amide bonds. The molecule has 2 aromatic heterocycles. The van der Waals surface area contributed by atoms with Gasteiger partial charge in [0.2, 0.25) is 0 Å². The minimum absolute atomic E-state index is 0.265. The number of esters is 3. The van der Waals surface area contributed by atoms with Gasteiger partial charge in [-0.2, -0.15) is 0 Å². The Kier molecular flexibility index (Phi) is 7.92. The first-order valence-corrected chi connectivity index (χ1v) is 11.0. The second kappa shape index (κ2) is 10.6. The smallest absolute Gasteiger partial charge is 0.303 e. The number of hydrogen-bond donors (Lipinski definition) is 0. The van der Waals surface area contributed by atoms with E-state index in [0.29, 0.717) is 22.0 Å². The molecule has 3 rings (SSSR count). The molecule has 0 bridgehead atoms. The molecule has 0 aromatic carbocycles. The highest BCUT2D eigenvalue weighted by atomic mass is 35.5. The average Bonchev–Trinajstić information content (AvgIpc) is 2.72. The maximum atomic E-state index is 11.8. The van der Waals surface area contributed by atoms with E-state index in [1.165, 1.54) is 38.7 Å². The summed E-state index contributed by atoms with van der Waals surface area (Å²) in [6, 6.07) is 5.27. The summed E-state index contributed by atoms with van der Waals surface area (Å²) >= 11 is 7.44. The van der Waals surface area contributed by atoms with E-state index in [-0.39, 0.29) is 5.75 Å². The average molecular weight is 481 g/mol. The van der Waals surface area contributed by atoms with Crippen molar-refractivity contribution in [3.63, 3.8) is 0 Å². The molecule has 0 N–H and O–H groups in total. The van der Waals surface area contributed by atoms with Gasteiger partial charge in [0.25, 0.3) is 0 Å². The first-order chi connectivity index (χ1) is 15.2. The Hall–Kier alpha value is -2.85. The minimum atomic E-state index is -1.03. The van der Waals surface area contributed by atoms with E-state index in [9.17, 15) is 14.4 Å². The van der Waals surface area contributed by atoms with E-state index in [1.54, 1.807) is 30.6 Å².